The van der Waals surface area contributed by atoms with Gasteiger partial charge in [-0.25, -0.2) is 13.2 Å². The Hall–Kier alpha value is -2.13. The molecule has 3 rings (SSSR count). The number of rotatable bonds is 8. The van der Waals surface area contributed by atoms with E-state index < -0.39 is 16.0 Å². The lowest BCUT2D eigenvalue weighted by molar-refractivity contribution is 0.0486. The van der Waals surface area contributed by atoms with Gasteiger partial charge in [0.1, 0.15) is 5.75 Å². The van der Waals surface area contributed by atoms with Crippen LogP contribution in [0.1, 0.15) is 16.8 Å². The first-order valence-electron chi connectivity index (χ1n) is 9.20. The Morgan fingerprint density at radius 2 is 1.66 bits per heavy atom. The standard InChI is InChI=1S/C20H22ClNO6S/c21-17-4-6-18(7-5-17)27-12-1-13-28-20(23)16-2-8-19(9-3-16)29(24,25)22-10-14-26-15-11-22/h2-9H,1,10-15H2. The number of nitrogens with zero attached hydrogens (tertiary/aromatic N) is 1. The van der Waals surface area contributed by atoms with E-state index in [1.807, 2.05) is 0 Å². The predicted molar refractivity (Wildman–Crippen MR) is 108 cm³/mol. The van der Waals surface area contributed by atoms with Crippen molar-refractivity contribution in [3.63, 3.8) is 0 Å². The fraction of sp³-hybridized carbons (Fsp3) is 0.350. The smallest absolute Gasteiger partial charge is 0.338 e. The van der Waals surface area contributed by atoms with Crippen molar-refractivity contribution in [1.29, 1.82) is 0 Å². The normalized spacial score (nSPS) is 15.1. The Labute approximate surface area is 175 Å². The number of esters is 1. The molecule has 2 aromatic carbocycles. The van der Waals surface area contributed by atoms with E-state index in [-0.39, 0.29) is 11.5 Å². The molecule has 1 saturated heterocycles. The van der Waals surface area contributed by atoms with Gasteiger partial charge < -0.3 is 14.2 Å². The SMILES string of the molecule is O=C(OCCCOc1ccc(Cl)cc1)c1ccc(S(=O)(=O)N2CCOCC2)cc1. The van der Waals surface area contributed by atoms with Crippen molar-refractivity contribution < 1.29 is 27.4 Å². The quantitative estimate of drug-likeness (QED) is 0.464. The van der Waals surface area contributed by atoms with Crippen LogP contribution in [0.25, 0.3) is 0 Å². The molecule has 0 N–H and O–H groups in total. The van der Waals surface area contributed by atoms with E-state index in [9.17, 15) is 13.2 Å². The number of sulfonamides is 1. The van der Waals surface area contributed by atoms with Gasteiger partial charge in [0.15, 0.2) is 0 Å². The van der Waals surface area contributed by atoms with Gasteiger partial charge in [-0.05, 0) is 48.5 Å². The Kier molecular flexibility index (Phi) is 7.49. The zero-order valence-electron chi connectivity index (χ0n) is 15.8. The van der Waals surface area contributed by atoms with Gasteiger partial charge in [0.2, 0.25) is 10.0 Å². The first-order valence-corrected chi connectivity index (χ1v) is 11.0. The molecule has 0 atom stereocenters. The summed E-state index contributed by atoms with van der Waals surface area (Å²) in [6, 6.07) is 12.8. The number of halogens is 1. The Morgan fingerprint density at radius 3 is 2.31 bits per heavy atom. The average molecular weight is 440 g/mol. The summed E-state index contributed by atoms with van der Waals surface area (Å²) in [7, 11) is -3.58. The highest BCUT2D eigenvalue weighted by atomic mass is 35.5. The van der Waals surface area contributed by atoms with Gasteiger partial charge in [0.25, 0.3) is 0 Å². The minimum atomic E-state index is -3.58. The van der Waals surface area contributed by atoms with Gasteiger partial charge in [0.05, 0.1) is 36.9 Å². The van der Waals surface area contributed by atoms with E-state index in [1.165, 1.54) is 28.6 Å². The van der Waals surface area contributed by atoms with Crippen LogP contribution in [0.15, 0.2) is 53.4 Å². The van der Waals surface area contributed by atoms with Crippen LogP contribution in [0.4, 0.5) is 0 Å². The number of carbonyl (C=O) groups is 1. The molecule has 1 aliphatic rings. The van der Waals surface area contributed by atoms with Crippen LogP contribution in [0.2, 0.25) is 5.02 Å². The summed E-state index contributed by atoms with van der Waals surface area (Å²) in [6.07, 6.45) is 0.526. The van der Waals surface area contributed by atoms with Crippen LogP contribution in [-0.4, -0.2) is 58.2 Å². The third-order valence-corrected chi connectivity index (χ3v) is 6.47. The molecule has 29 heavy (non-hydrogen) atoms. The molecule has 0 amide bonds. The maximum atomic E-state index is 12.6. The molecule has 0 saturated carbocycles. The van der Waals surface area contributed by atoms with Gasteiger partial charge >= 0.3 is 5.97 Å². The first-order chi connectivity index (χ1) is 14.0. The van der Waals surface area contributed by atoms with Crippen LogP contribution in [0.3, 0.4) is 0 Å². The molecule has 2 aromatic rings. The largest absolute Gasteiger partial charge is 0.493 e. The number of hydrogen-bond donors (Lipinski definition) is 0. The lowest BCUT2D eigenvalue weighted by Crippen LogP contribution is -2.40. The third kappa shape index (κ3) is 5.93. The summed E-state index contributed by atoms with van der Waals surface area (Å²) in [6.45, 7) is 2.00. The number of morpholine rings is 1. The van der Waals surface area contributed by atoms with E-state index in [4.69, 9.17) is 25.8 Å². The van der Waals surface area contributed by atoms with Crippen molar-refractivity contribution in [2.24, 2.45) is 0 Å². The summed E-state index contributed by atoms with van der Waals surface area (Å²) in [4.78, 5) is 12.3. The van der Waals surface area contributed by atoms with Crippen LogP contribution < -0.4 is 4.74 Å². The summed E-state index contributed by atoms with van der Waals surface area (Å²) >= 11 is 5.81. The lowest BCUT2D eigenvalue weighted by atomic mass is 10.2. The summed E-state index contributed by atoms with van der Waals surface area (Å²) < 4.78 is 42.5. The molecular formula is C20H22ClNO6S. The molecular weight excluding hydrogens is 418 g/mol. The van der Waals surface area contributed by atoms with E-state index in [1.54, 1.807) is 24.3 Å². The highest BCUT2D eigenvalue weighted by Crippen LogP contribution is 2.18. The van der Waals surface area contributed by atoms with Gasteiger partial charge in [-0.3, -0.25) is 0 Å². The zero-order valence-corrected chi connectivity index (χ0v) is 17.3. The molecule has 0 bridgehead atoms. The fourth-order valence-electron chi connectivity index (χ4n) is 2.73. The van der Waals surface area contributed by atoms with Crippen LogP contribution >= 0.6 is 11.6 Å². The summed E-state index contributed by atoms with van der Waals surface area (Å²) in [5.74, 6) is 0.185. The highest BCUT2D eigenvalue weighted by molar-refractivity contribution is 7.89. The second kappa shape index (κ2) is 10.1. The Bertz CT molecular complexity index is 909. The third-order valence-electron chi connectivity index (χ3n) is 4.30. The van der Waals surface area contributed by atoms with Crippen molar-refractivity contribution in [2.75, 3.05) is 39.5 Å². The topological polar surface area (TPSA) is 82.1 Å². The van der Waals surface area contributed by atoms with Crippen molar-refractivity contribution in [2.45, 2.75) is 11.3 Å². The lowest BCUT2D eigenvalue weighted by Gasteiger charge is -2.26. The number of ether oxygens (including phenoxy) is 3. The highest BCUT2D eigenvalue weighted by Gasteiger charge is 2.26. The van der Waals surface area contributed by atoms with Crippen molar-refractivity contribution in [3.8, 4) is 5.75 Å². The zero-order chi connectivity index (χ0) is 20.7. The molecule has 7 nitrogen and oxygen atoms in total. The van der Waals surface area contributed by atoms with Crippen LogP contribution in [-0.2, 0) is 19.5 Å². The molecule has 0 aromatic heterocycles. The van der Waals surface area contributed by atoms with Crippen molar-refractivity contribution >= 4 is 27.6 Å². The number of carbonyl (C=O) groups excluding carboxylic acids is 1. The molecule has 0 unspecified atom stereocenters. The second-order valence-electron chi connectivity index (χ2n) is 6.33. The maximum absolute atomic E-state index is 12.6. The molecule has 1 fully saturated rings. The van der Waals surface area contributed by atoms with E-state index in [0.29, 0.717) is 55.7 Å². The fourth-order valence-corrected chi connectivity index (χ4v) is 4.26. The van der Waals surface area contributed by atoms with E-state index >= 15 is 0 Å². The Morgan fingerprint density at radius 1 is 1.00 bits per heavy atom. The molecule has 9 heteroatoms. The number of benzene rings is 2. The minimum absolute atomic E-state index is 0.146. The van der Waals surface area contributed by atoms with E-state index in [0.717, 1.165) is 0 Å². The molecule has 1 heterocycles. The summed E-state index contributed by atoms with van der Waals surface area (Å²) in [5, 5.41) is 0.634. The first kappa shape index (κ1) is 21.6. The van der Waals surface area contributed by atoms with Crippen LogP contribution in [0, 0.1) is 0 Å². The minimum Gasteiger partial charge on any atom is -0.493 e. The monoisotopic (exact) mass is 439 g/mol. The van der Waals surface area contributed by atoms with Gasteiger partial charge in [-0.2, -0.15) is 4.31 Å². The van der Waals surface area contributed by atoms with Crippen molar-refractivity contribution in [3.05, 3.63) is 59.1 Å². The molecule has 156 valence electrons. The predicted octanol–water partition coefficient (Wildman–Crippen LogP) is 2.99. The molecule has 0 spiro atoms. The van der Waals surface area contributed by atoms with Crippen molar-refractivity contribution in [1.82, 2.24) is 4.31 Å². The summed E-state index contributed by atoms with van der Waals surface area (Å²) in [5.41, 5.74) is 0.296. The van der Waals surface area contributed by atoms with Gasteiger partial charge in [0, 0.05) is 24.5 Å². The van der Waals surface area contributed by atoms with Gasteiger partial charge in [-0.15, -0.1) is 0 Å². The van der Waals surface area contributed by atoms with Crippen LogP contribution in [0.5, 0.6) is 5.75 Å². The Balaban J connectivity index is 1.45. The van der Waals surface area contributed by atoms with E-state index in [2.05, 4.69) is 0 Å². The van der Waals surface area contributed by atoms with Gasteiger partial charge in [-0.1, -0.05) is 11.6 Å². The average Bonchev–Trinajstić information content (AvgIpc) is 2.75. The maximum Gasteiger partial charge on any atom is 0.338 e. The molecule has 1 aliphatic heterocycles. The molecule has 0 aliphatic carbocycles. The number of hydrogen-bond acceptors (Lipinski definition) is 6. The second-order valence-corrected chi connectivity index (χ2v) is 8.71. The molecule has 0 radical (unpaired) electrons.